The molecule has 0 saturated carbocycles. The summed E-state index contributed by atoms with van der Waals surface area (Å²) in [5.41, 5.74) is -1.29. The summed E-state index contributed by atoms with van der Waals surface area (Å²) in [7, 11) is 0. The normalized spacial score (nSPS) is 20.9. The van der Waals surface area contributed by atoms with Crippen LogP contribution in [0.4, 0.5) is 4.79 Å². The highest BCUT2D eigenvalue weighted by Crippen LogP contribution is 2.35. The number of barbiturate groups is 1. The Bertz CT molecular complexity index is 379. The number of imide groups is 2. The summed E-state index contributed by atoms with van der Waals surface area (Å²) in [6, 6.07) is -0.771. The minimum atomic E-state index is -1.29. The molecule has 1 rings (SSSR count). The smallest absolute Gasteiger partial charge is 0.277 e. The van der Waals surface area contributed by atoms with Crippen LogP contribution in [0.2, 0.25) is 0 Å². The predicted octanol–water partition coefficient (Wildman–Crippen LogP) is 1.13. The van der Waals surface area contributed by atoms with Gasteiger partial charge in [-0.05, 0) is 19.3 Å². The topological polar surface area (TPSA) is 75.3 Å². The number of hydrogen-bond donors (Lipinski definition) is 2. The van der Waals surface area contributed by atoms with Gasteiger partial charge in [-0.2, -0.15) is 0 Å². The van der Waals surface area contributed by atoms with E-state index in [9.17, 15) is 14.4 Å². The van der Waals surface area contributed by atoms with Crippen molar-refractivity contribution in [2.24, 2.45) is 11.3 Å². The van der Waals surface area contributed by atoms with Gasteiger partial charge < -0.3 is 0 Å². The third-order valence-corrected chi connectivity index (χ3v) is 2.99. The summed E-state index contributed by atoms with van der Waals surface area (Å²) in [5.74, 6) is -1.47. The van der Waals surface area contributed by atoms with E-state index in [0.717, 1.165) is 0 Å². The maximum atomic E-state index is 12.0. The number of allylic oxidation sites excluding steroid dienone is 3. The average Bonchev–Trinajstić information content (AvgIpc) is 2.23. The van der Waals surface area contributed by atoms with E-state index in [1.807, 2.05) is 6.92 Å². The third kappa shape index (κ3) is 2.13. The average molecular weight is 236 g/mol. The first-order chi connectivity index (χ1) is 7.98. The molecule has 1 atom stereocenters. The molecule has 1 saturated heterocycles. The van der Waals surface area contributed by atoms with Crippen molar-refractivity contribution >= 4 is 17.8 Å². The SMILES string of the molecule is C=CCC1(C(C)/C=C/C)C(=O)NC(=O)NC1=O. The van der Waals surface area contributed by atoms with Gasteiger partial charge in [0.2, 0.25) is 11.8 Å². The summed E-state index contributed by atoms with van der Waals surface area (Å²) in [6.45, 7) is 7.13. The van der Waals surface area contributed by atoms with Crippen LogP contribution in [0.15, 0.2) is 24.8 Å². The zero-order valence-corrected chi connectivity index (χ0v) is 9.95. The van der Waals surface area contributed by atoms with Gasteiger partial charge in [0.25, 0.3) is 0 Å². The maximum absolute atomic E-state index is 12.0. The van der Waals surface area contributed by atoms with E-state index in [2.05, 4.69) is 17.2 Å². The van der Waals surface area contributed by atoms with Gasteiger partial charge >= 0.3 is 6.03 Å². The molecule has 0 aliphatic carbocycles. The fourth-order valence-electron chi connectivity index (χ4n) is 2.03. The molecule has 1 aliphatic heterocycles. The van der Waals surface area contributed by atoms with Crippen LogP contribution in [0.3, 0.4) is 0 Å². The lowest BCUT2D eigenvalue weighted by Crippen LogP contribution is -2.64. The molecule has 92 valence electrons. The third-order valence-electron chi connectivity index (χ3n) is 2.99. The number of carbonyl (C=O) groups excluding carboxylic acids is 3. The van der Waals surface area contributed by atoms with E-state index in [0.29, 0.717) is 0 Å². The van der Waals surface area contributed by atoms with Crippen molar-refractivity contribution in [2.75, 3.05) is 0 Å². The highest BCUT2D eigenvalue weighted by Gasteiger charge is 2.52. The van der Waals surface area contributed by atoms with Crippen molar-refractivity contribution in [1.82, 2.24) is 10.6 Å². The van der Waals surface area contributed by atoms with Crippen LogP contribution in [0.25, 0.3) is 0 Å². The molecule has 5 nitrogen and oxygen atoms in total. The maximum Gasteiger partial charge on any atom is 0.328 e. The lowest BCUT2D eigenvalue weighted by Gasteiger charge is -2.36. The Morgan fingerprint density at radius 3 is 2.24 bits per heavy atom. The lowest BCUT2D eigenvalue weighted by atomic mass is 9.71. The van der Waals surface area contributed by atoms with Crippen LogP contribution in [0, 0.1) is 11.3 Å². The second kappa shape index (κ2) is 4.95. The Morgan fingerprint density at radius 2 is 1.82 bits per heavy atom. The quantitative estimate of drug-likeness (QED) is 0.567. The van der Waals surface area contributed by atoms with Crippen molar-refractivity contribution in [3.8, 4) is 0 Å². The van der Waals surface area contributed by atoms with E-state index in [1.165, 1.54) is 6.08 Å². The van der Waals surface area contributed by atoms with Gasteiger partial charge in [-0.15, -0.1) is 6.58 Å². The van der Waals surface area contributed by atoms with Gasteiger partial charge in [-0.3, -0.25) is 20.2 Å². The second-order valence-corrected chi connectivity index (χ2v) is 4.02. The van der Waals surface area contributed by atoms with Crippen molar-refractivity contribution in [1.29, 1.82) is 0 Å². The van der Waals surface area contributed by atoms with Gasteiger partial charge in [0, 0.05) is 0 Å². The highest BCUT2D eigenvalue weighted by atomic mass is 16.2. The van der Waals surface area contributed by atoms with E-state index < -0.39 is 23.3 Å². The zero-order chi connectivity index (χ0) is 13.1. The molecule has 0 spiro atoms. The van der Waals surface area contributed by atoms with Gasteiger partial charge in [0.05, 0.1) is 0 Å². The van der Waals surface area contributed by atoms with Crippen molar-refractivity contribution < 1.29 is 14.4 Å². The molecular formula is C12H16N2O3. The largest absolute Gasteiger partial charge is 0.328 e. The van der Waals surface area contributed by atoms with E-state index >= 15 is 0 Å². The van der Waals surface area contributed by atoms with E-state index in [-0.39, 0.29) is 12.3 Å². The molecule has 0 aromatic rings. The van der Waals surface area contributed by atoms with Crippen LogP contribution in [-0.4, -0.2) is 17.8 Å². The molecule has 5 heteroatoms. The van der Waals surface area contributed by atoms with Gasteiger partial charge in [-0.1, -0.05) is 25.2 Å². The van der Waals surface area contributed by atoms with Crippen LogP contribution in [0.1, 0.15) is 20.3 Å². The predicted molar refractivity (Wildman–Crippen MR) is 62.9 cm³/mol. The van der Waals surface area contributed by atoms with Crippen molar-refractivity contribution in [2.45, 2.75) is 20.3 Å². The minimum Gasteiger partial charge on any atom is -0.277 e. The number of rotatable bonds is 4. The van der Waals surface area contributed by atoms with Gasteiger partial charge in [0.15, 0.2) is 0 Å². The number of nitrogens with one attached hydrogen (secondary N) is 2. The fraction of sp³-hybridized carbons (Fsp3) is 0.417. The lowest BCUT2D eigenvalue weighted by molar-refractivity contribution is -0.146. The molecule has 0 aromatic heterocycles. The molecule has 4 amide bonds. The Labute approximate surface area is 100.0 Å². The summed E-state index contributed by atoms with van der Waals surface area (Å²) in [6.07, 6.45) is 5.23. The summed E-state index contributed by atoms with van der Waals surface area (Å²) >= 11 is 0. The Kier molecular flexibility index (Phi) is 3.83. The van der Waals surface area contributed by atoms with Crippen LogP contribution in [-0.2, 0) is 9.59 Å². The molecule has 1 unspecified atom stereocenters. The van der Waals surface area contributed by atoms with Gasteiger partial charge in [0.1, 0.15) is 5.41 Å². The summed E-state index contributed by atoms with van der Waals surface area (Å²) < 4.78 is 0. The standard InChI is InChI=1S/C12H16N2O3/c1-4-6-8(3)12(7-5-2)9(15)13-11(17)14-10(12)16/h4-6,8H,2,7H2,1,3H3,(H2,13,14,15,16,17)/b6-4+. The van der Waals surface area contributed by atoms with Crippen LogP contribution < -0.4 is 10.6 Å². The second-order valence-electron chi connectivity index (χ2n) is 4.02. The Balaban J connectivity index is 3.21. The van der Waals surface area contributed by atoms with Crippen molar-refractivity contribution in [3.63, 3.8) is 0 Å². The van der Waals surface area contributed by atoms with Crippen LogP contribution >= 0.6 is 0 Å². The van der Waals surface area contributed by atoms with E-state index in [1.54, 1.807) is 19.1 Å². The molecular weight excluding hydrogens is 220 g/mol. The summed E-state index contributed by atoms with van der Waals surface area (Å²) in [5, 5.41) is 4.27. The zero-order valence-electron chi connectivity index (χ0n) is 9.95. The molecule has 0 radical (unpaired) electrons. The van der Waals surface area contributed by atoms with Crippen molar-refractivity contribution in [3.05, 3.63) is 24.8 Å². The monoisotopic (exact) mass is 236 g/mol. The summed E-state index contributed by atoms with van der Waals surface area (Å²) in [4.78, 5) is 35.0. The molecule has 1 aliphatic rings. The molecule has 0 bridgehead atoms. The van der Waals surface area contributed by atoms with E-state index in [4.69, 9.17) is 0 Å². The Morgan fingerprint density at radius 1 is 1.29 bits per heavy atom. The molecule has 2 N–H and O–H groups in total. The fourth-order valence-corrected chi connectivity index (χ4v) is 2.03. The molecule has 17 heavy (non-hydrogen) atoms. The first-order valence-electron chi connectivity index (χ1n) is 5.39. The number of urea groups is 1. The van der Waals surface area contributed by atoms with Gasteiger partial charge in [-0.25, -0.2) is 4.79 Å². The molecule has 1 heterocycles. The highest BCUT2D eigenvalue weighted by molar-refractivity contribution is 6.19. The number of hydrogen-bond acceptors (Lipinski definition) is 3. The number of amides is 4. The first kappa shape index (κ1) is 13.2. The first-order valence-corrected chi connectivity index (χ1v) is 5.39. The molecule has 1 fully saturated rings. The minimum absolute atomic E-state index is 0.184. The number of carbonyl (C=O) groups is 3. The molecule has 0 aromatic carbocycles. The van der Waals surface area contributed by atoms with Crippen LogP contribution in [0.5, 0.6) is 0 Å². The Hall–Kier alpha value is -1.91.